The van der Waals surface area contributed by atoms with Gasteiger partial charge >= 0.3 is 0 Å². The standard InChI is InChI=1S/C15H12ClFN4O/c16-14-18-6-11(17)12(21-14)20-8-1-2-9-10(5-8)15(3-4-15)7-19-13(9)22/h1-2,5-6H,3-4,7H2,(H,19,22)(H,18,20,21). The Morgan fingerprint density at radius 3 is 2.95 bits per heavy atom. The van der Waals surface area contributed by atoms with E-state index in [2.05, 4.69) is 20.6 Å². The van der Waals surface area contributed by atoms with Gasteiger partial charge < -0.3 is 10.6 Å². The summed E-state index contributed by atoms with van der Waals surface area (Å²) in [5.41, 5.74) is 2.42. The van der Waals surface area contributed by atoms with E-state index >= 15 is 0 Å². The number of amides is 1. The van der Waals surface area contributed by atoms with Crippen molar-refractivity contribution in [3.8, 4) is 0 Å². The maximum atomic E-state index is 13.7. The molecule has 1 amide bonds. The van der Waals surface area contributed by atoms with Crippen LogP contribution in [-0.2, 0) is 5.41 Å². The Morgan fingerprint density at radius 1 is 1.36 bits per heavy atom. The van der Waals surface area contributed by atoms with Gasteiger partial charge in [-0.05, 0) is 48.2 Å². The fourth-order valence-corrected chi connectivity index (χ4v) is 3.00. The summed E-state index contributed by atoms with van der Waals surface area (Å²) in [6, 6.07) is 5.39. The van der Waals surface area contributed by atoms with E-state index in [0.717, 1.165) is 24.6 Å². The number of carbonyl (C=O) groups excluding carboxylic acids is 1. The first-order chi connectivity index (χ1) is 10.6. The Balaban J connectivity index is 1.72. The molecule has 2 aliphatic rings. The molecule has 0 radical (unpaired) electrons. The van der Waals surface area contributed by atoms with Crippen LogP contribution in [0.1, 0.15) is 28.8 Å². The van der Waals surface area contributed by atoms with E-state index < -0.39 is 5.82 Å². The SMILES string of the molecule is O=C1NCC2(CC2)c2cc(Nc3nc(Cl)ncc3F)ccc21. The van der Waals surface area contributed by atoms with Gasteiger partial charge in [-0.1, -0.05) is 0 Å². The first-order valence-corrected chi connectivity index (χ1v) is 7.33. The average molecular weight is 319 g/mol. The first-order valence-electron chi connectivity index (χ1n) is 6.95. The van der Waals surface area contributed by atoms with Crippen LogP contribution in [0.5, 0.6) is 0 Å². The average Bonchev–Trinajstić information content (AvgIpc) is 3.28. The lowest BCUT2D eigenvalue weighted by Crippen LogP contribution is -2.39. The Morgan fingerprint density at radius 2 is 2.18 bits per heavy atom. The molecule has 1 aliphatic carbocycles. The summed E-state index contributed by atoms with van der Waals surface area (Å²) in [7, 11) is 0. The van der Waals surface area contributed by atoms with Gasteiger partial charge in [0.2, 0.25) is 5.28 Å². The number of anilines is 2. The van der Waals surface area contributed by atoms with Gasteiger partial charge in [0, 0.05) is 23.2 Å². The van der Waals surface area contributed by atoms with Crippen molar-refractivity contribution in [2.45, 2.75) is 18.3 Å². The van der Waals surface area contributed by atoms with Crippen LogP contribution in [0, 0.1) is 5.82 Å². The number of hydrogen-bond acceptors (Lipinski definition) is 4. The number of rotatable bonds is 2. The normalized spacial score (nSPS) is 17.8. The molecular formula is C15H12ClFN4O. The molecule has 0 unspecified atom stereocenters. The number of carbonyl (C=O) groups is 1. The quantitative estimate of drug-likeness (QED) is 0.836. The molecular weight excluding hydrogens is 307 g/mol. The van der Waals surface area contributed by atoms with E-state index in [1.165, 1.54) is 0 Å². The van der Waals surface area contributed by atoms with Gasteiger partial charge in [0.15, 0.2) is 11.6 Å². The molecule has 1 spiro atoms. The minimum atomic E-state index is -0.582. The minimum Gasteiger partial charge on any atom is -0.351 e. The number of halogens is 2. The summed E-state index contributed by atoms with van der Waals surface area (Å²) in [5, 5.41) is 5.79. The molecule has 0 saturated heterocycles. The summed E-state index contributed by atoms with van der Waals surface area (Å²) >= 11 is 5.69. The van der Waals surface area contributed by atoms with Crippen LogP contribution in [0.4, 0.5) is 15.9 Å². The van der Waals surface area contributed by atoms with E-state index in [9.17, 15) is 9.18 Å². The highest BCUT2D eigenvalue weighted by Gasteiger charge is 2.48. The second kappa shape index (κ2) is 4.64. The number of nitrogens with zero attached hydrogens (tertiary/aromatic N) is 2. The molecule has 5 nitrogen and oxygen atoms in total. The third-order valence-corrected chi connectivity index (χ3v) is 4.44. The van der Waals surface area contributed by atoms with Gasteiger partial charge in [0.25, 0.3) is 5.91 Å². The minimum absolute atomic E-state index is 0.0186. The van der Waals surface area contributed by atoms with Crippen molar-refractivity contribution in [3.05, 3.63) is 46.6 Å². The van der Waals surface area contributed by atoms with Gasteiger partial charge in [0.1, 0.15) is 0 Å². The number of nitrogens with one attached hydrogen (secondary N) is 2. The van der Waals surface area contributed by atoms with Crippen molar-refractivity contribution < 1.29 is 9.18 Å². The van der Waals surface area contributed by atoms with E-state index in [4.69, 9.17) is 11.6 Å². The molecule has 2 N–H and O–H groups in total. The highest BCUT2D eigenvalue weighted by Crippen LogP contribution is 2.51. The predicted octanol–water partition coefficient (Wildman–Crippen LogP) is 2.79. The molecule has 2 heterocycles. The maximum Gasteiger partial charge on any atom is 0.251 e. The fraction of sp³-hybridized carbons (Fsp3) is 0.267. The van der Waals surface area contributed by atoms with Crippen LogP contribution in [0.3, 0.4) is 0 Å². The predicted molar refractivity (Wildman–Crippen MR) is 80.0 cm³/mol. The van der Waals surface area contributed by atoms with Crippen LogP contribution in [-0.4, -0.2) is 22.4 Å². The lowest BCUT2D eigenvalue weighted by Gasteiger charge is -2.26. The molecule has 4 rings (SSSR count). The first kappa shape index (κ1) is 13.5. The molecule has 7 heteroatoms. The zero-order valence-corrected chi connectivity index (χ0v) is 12.2. The third-order valence-electron chi connectivity index (χ3n) is 4.25. The smallest absolute Gasteiger partial charge is 0.251 e. The zero-order valence-electron chi connectivity index (χ0n) is 11.5. The van der Waals surface area contributed by atoms with Crippen LogP contribution >= 0.6 is 11.6 Å². The largest absolute Gasteiger partial charge is 0.351 e. The van der Waals surface area contributed by atoms with Crippen molar-refractivity contribution in [1.29, 1.82) is 0 Å². The number of hydrogen-bond donors (Lipinski definition) is 2. The zero-order chi connectivity index (χ0) is 15.3. The summed E-state index contributed by atoms with van der Waals surface area (Å²) in [6.45, 7) is 0.663. The maximum absolute atomic E-state index is 13.7. The molecule has 0 atom stereocenters. The Kier molecular flexibility index (Phi) is 2.84. The van der Waals surface area contributed by atoms with E-state index in [1.807, 2.05) is 6.07 Å². The van der Waals surface area contributed by atoms with Crippen molar-refractivity contribution in [2.24, 2.45) is 0 Å². The van der Waals surface area contributed by atoms with Crippen LogP contribution < -0.4 is 10.6 Å². The summed E-state index contributed by atoms with van der Waals surface area (Å²) in [5.74, 6) is -0.624. The van der Waals surface area contributed by atoms with E-state index in [1.54, 1.807) is 12.1 Å². The highest BCUT2D eigenvalue weighted by atomic mass is 35.5. The Hall–Kier alpha value is -2.21. The number of fused-ring (bicyclic) bond motifs is 2. The highest BCUT2D eigenvalue weighted by molar-refractivity contribution is 6.28. The van der Waals surface area contributed by atoms with Crippen molar-refractivity contribution in [3.63, 3.8) is 0 Å². The summed E-state index contributed by atoms with van der Waals surface area (Å²) < 4.78 is 13.7. The molecule has 0 bridgehead atoms. The summed E-state index contributed by atoms with van der Waals surface area (Å²) in [4.78, 5) is 19.4. The van der Waals surface area contributed by atoms with Crippen LogP contribution in [0.2, 0.25) is 5.28 Å². The van der Waals surface area contributed by atoms with Gasteiger partial charge in [0.05, 0.1) is 6.20 Å². The molecule has 1 fully saturated rings. The second-order valence-corrected chi connectivity index (χ2v) is 6.02. The lowest BCUT2D eigenvalue weighted by atomic mass is 9.87. The van der Waals surface area contributed by atoms with Gasteiger partial charge in [-0.2, -0.15) is 4.98 Å². The van der Waals surface area contributed by atoms with E-state index in [0.29, 0.717) is 17.8 Å². The van der Waals surface area contributed by atoms with Crippen LogP contribution in [0.15, 0.2) is 24.4 Å². The number of aromatic nitrogens is 2. The molecule has 22 heavy (non-hydrogen) atoms. The second-order valence-electron chi connectivity index (χ2n) is 5.68. The van der Waals surface area contributed by atoms with Gasteiger partial charge in [-0.3, -0.25) is 4.79 Å². The Bertz CT molecular complexity index is 791. The molecule has 1 saturated carbocycles. The summed E-state index contributed by atoms with van der Waals surface area (Å²) in [6.07, 6.45) is 3.13. The number of benzene rings is 1. The van der Waals surface area contributed by atoms with Gasteiger partial charge in [-0.25, -0.2) is 9.37 Å². The van der Waals surface area contributed by atoms with Crippen molar-refractivity contribution >= 4 is 29.0 Å². The third kappa shape index (κ3) is 2.11. The van der Waals surface area contributed by atoms with Crippen LogP contribution in [0.25, 0.3) is 0 Å². The molecule has 2 aromatic rings. The molecule has 1 aromatic carbocycles. The van der Waals surface area contributed by atoms with Crippen molar-refractivity contribution in [1.82, 2.24) is 15.3 Å². The Labute approximate surface area is 130 Å². The van der Waals surface area contributed by atoms with E-state index in [-0.39, 0.29) is 22.4 Å². The molecule has 1 aliphatic heterocycles. The molecule has 1 aromatic heterocycles. The fourth-order valence-electron chi connectivity index (χ4n) is 2.87. The molecule has 112 valence electrons. The van der Waals surface area contributed by atoms with Crippen molar-refractivity contribution in [2.75, 3.05) is 11.9 Å². The lowest BCUT2D eigenvalue weighted by molar-refractivity contribution is 0.0937. The topological polar surface area (TPSA) is 66.9 Å². The van der Waals surface area contributed by atoms with Gasteiger partial charge in [-0.15, -0.1) is 0 Å². The monoisotopic (exact) mass is 318 g/mol.